The lowest BCUT2D eigenvalue weighted by molar-refractivity contribution is -0.116. The molecule has 1 unspecified atom stereocenters. The van der Waals surface area contributed by atoms with Crippen LogP contribution in [-0.2, 0) is 21.1 Å². The molecule has 5 nitrogen and oxygen atoms in total. The number of aryl methyl sites for hydroxylation is 2. The number of carbonyl (C=O) groups is 1. The van der Waals surface area contributed by atoms with Gasteiger partial charge in [-0.05, 0) is 30.9 Å². The van der Waals surface area contributed by atoms with Crippen LogP contribution in [0.2, 0.25) is 0 Å². The Kier molecular flexibility index (Phi) is 5.58. The summed E-state index contributed by atoms with van der Waals surface area (Å²) in [7, 11) is -2.87. The fraction of sp³-hybridized carbons (Fsp3) is 0.562. The van der Waals surface area contributed by atoms with Crippen molar-refractivity contribution in [2.75, 3.05) is 23.4 Å². The molecule has 0 saturated carbocycles. The van der Waals surface area contributed by atoms with Crippen molar-refractivity contribution < 1.29 is 13.2 Å². The third-order valence-corrected chi connectivity index (χ3v) is 5.79. The predicted molar refractivity (Wildman–Crippen MR) is 88.9 cm³/mol. The van der Waals surface area contributed by atoms with Gasteiger partial charge in [0, 0.05) is 24.7 Å². The van der Waals surface area contributed by atoms with E-state index in [1.807, 2.05) is 25.1 Å². The molecule has 1 aromatic rings. The van der Waals surface area contributed by atoms with Gasteiger partial charge in [-0.25, -0.2) is 8.42 Å². The molecule has 1 heterocycles. The van der Waals surface area contributed by atoms with E-state index in [0.29, 0.717) is 19.4 Å². The van der Waals surface area contributed by atoms with Crippen molar-refractivity contribution in [2.45, 2.75) is 39.2 Å². The van der Waals surface area contributed by atoms with Crippen LogP contribution < -0.4 is 10.6 Å². The van der Waals surface area contributed by atoms with Crippen molar-refractivity contribution in [3.05, 3.63) is 29.3 Å². The molecule has 0 spiro atoms. The van der Waals surface area contributed by atoms with E-state index >= 15 is 0 Å². The highest BCUT2D eigenvalue weighted by atomic mass is 32.2. The van der Waals surface area contributed by atoms with Crippen molar-refractivity contribution in [2.24, 2.45) is 0 Å². The normalized spacial score (nSPS) is 20.0. The largest absolute Gasteiger partial charge is 0.326 e. The third kappa shape index (κ3) is 4.55. The van der Waals surface area contributed by atoms with E-state index in [0.717, 1.165) is 23.2 Å². The number of rotatable bonds is 6. The Hall–Kier alpha value is -1.40. The monoisotopic (exact) mass is 324 g/mol. The highest BCUT2D eigenvalue weighted by Gasteiger charge is 2.27. The summed E-state index contributed by atoms with van der Waals surface area (Å²) in [6.45, 7) is 4.54. The van der Waals surface area contributed by atoms with Crippen molar-refractivity contribution >= 4 is 21.4 Å². The minimum absolute atomic E-state index is 0.0116. The van der Waals surface area contributed by atoms with Gasteiger partial charge in [0.25, 0.3) is 0 Å². The number of hydrogen-bond acceptors (Lipinski definition) is 4. The molecule has 1 aliphatic rings. The molecule has 22 heavy (non-hydrogen) atoms. The number of anilines is 1. The summed E-state index contributed by atoms with van der Waals surface area (Å²) in [6.07, 6.45) is 1.85. The highest BCUT2D eigenvalue weighted by molar-refractivity contribution is 7.91. The Morgan fingerprint density at radius 1 is 1.36 bits per heavy atom. The third-order valence-electron chi connectivity index (χ3n) is 4.02. The van der Waals surface area contributed by atoms with Crippen molar-refractivity contribution in [3.63, 3.8) is 0 Å². The molecule has 1 fully saturated rings. The Balaban J connectivity index is 1.82. The maximum Gasteiger partial charge on any atom is 0.225 e. The molecule has 2 rings (SSSR count). The van der Waals surface area contributed by atoms with E-state index < -0.39 is 9.84 Å². The lowest BCUT2D eigenvalue weighted by atomic mass is 10.1. The summed E-state index contributed by atoms with van der Waals surface area (Å²) in [5.41, 5.74) is 3.09. The van der Waals surface area contributed by atoms with Crippen LogP contribution in [0.5, 0.6) is 0 Å². The number of benzene rings is 1. The lowest BCUT2D eigenvalue weighted by Crippen LogP contribution is -2.32. The molecule has 0 aromatic heterocycles. The van der Waals surface area contributed by atoms with Gasteiger partial charge in [-0.1, -0.05) is 25.1 Å². The minimum atomic E-state index is -2.87. The van der Waals surface area contributed by atoms with Crippen LogP contribution in [0, 0.1) is 6.92 Å². The molecule has 1 aromatic carbocycles. The van der Waals surface area contributed by atoms with E-state index in [1.165, 1.54) is 0 Å². The Morgan fingerprint density at radius 2 is 2.14 bits per heavy atom. The van der Waals surface area contributed by atoms with Crippen molar-refractivity contribution in [3.8, 4) is 0 Å². The van der Waals surface area contributed by atoms with Gasteiger partial charge >= 0.3 is 0 Å². The average Bonchev–Trinajstić information content (AvgIpc) is 2.80. The van der Waals surface area contributed by atoms with Gasteiger partial charge in [-0.3, -0.25) is 4.79 Å². The molecule has 1 saturated heterocycles. The van der Waals surface area contributed by atoms with Crippen LogP contribution in [0.15, 0.2) is 18.2 Å². The maximum absolute atomic E-state index is 12.1. The van der Waals surface area contributed by atoms with Crippen LogP contribution in [0.25, 0.3) is 0 Å². The number of carbonyl (C=O) groups excluding carboxylic acids is 1. The molecular weight excluding hydrogens is 300 g/mol. The molecule has 122 valence electrons. The lowest BCUT2D eigenvalue weighted by Gasteiger charge is -2.14. The fourth-order valence-corrected chi connectivity index (χ4v) is 4.46. The van der Waals surface area contributed by atoms with Gasteiger partial charge in [0.2, 0.25) is 5.91 Å². The first-order chi connectivity index (χ1) is 10.4. The molecule has 0 aliphatic carbocycles. The van der Waals surface area contributed by atoms with E-state index in [9.17, 15) is 13.2 Å². The quantitative estimate of drug-likeness (QED) is 0.834. The molecule has 2 N–H and O–H groups in total. The second-order valence-electron chi connectivity index (χ2n) is 5.81. The van der Waals surface area contributed by atoms with Crippen molar-refractivity contribution in [1.29, 1.82) is 0 Å². The van der Waals surface area contributed by atoms with E-state index in [1.54, 1.807) is 0 Å². The van der Waals surface area contributed by atoms with E-state index in [2.05, 4.69) is 17.6 Å². The first-order valence-electron chi connectivity index (χ1n) is 7.73. The maximum atomic E-state index is 12.1. The molecule has 1 aliphatic heterocycles. The van der Waals surface area contributed by atoms with Crippen LogP contribution in [0.1, 0.15) is 30.9 Å². The van der Waals surface area contributed by atoms with Gasteiger partial charge < -0.3 is 10.6 Å². The summed E-state index contributed by atoms with van der Waals surface area (Å²) < 4.78 is 22.7. The second kappa shape index (κ2) is 7.24. The summed E-state index contributed by atoms with van der Waals surface area (Å²) in [5, 5.41) is 6.13. The van der Waals surface area contributed by atoms with Gasteiger partial charge in [0.15, 0.2) is 9.84 Å². The molecule has 1 amide bonds. The molecular formula is C16H24N2O3S. The molecule has 6 heteroatoms. The number of sulfone groups is 1. The summed E-state index contributed by atoms with van der Waals surface area (Å²) in [6, 6.07) is 5.98. The first-order valence-corrected chi connectivity index (χ1v) is 9.55. The summed E-state index contributed by atoms with van der Waals surface area (Å²) >= 11 is 0. The molecule has 0 bridgehead atoms. The zero-order valence-corrected chi connectivity index (χ0v) is 14.0. The summed E-state index contributed by atoms with van der Waals surface area (Å²) in [4.78, 5) is 12.1. The van der Waals surface area contributed by atoms with Gasteiger partial charge in [0.1, 0.15) is 0 Å². The number of nitrogens with one attached hydrogen (secondary N) is 2. The van der Waals surface area contributed by atoms with Gasteiger partial charge in [-0.15, -0.1) is 0 Å². The highest BCUT2D eigenvalue weighted by Crippen LogP contribution is 2.21. The SMILES string of the molecule is CCc1cccc(C)c1NC(=O)CCNC1CCS(=O)(=O)C1. The van der Waals surface area contributed by atoms with E-state index in [4.69, 9.17) is 0 Å². The van der Waals surface area contributed by atoms with Crippen LogP contribution >= 0.6 is 0 Å². The Morgan fingerprint density at radius 3 is 2.77 bits per heavy atom. The zero-order chi connectivity index (χ0) is 16.2. The molecule has 1 atom stereocenters. The topological polar surface area (TPSA) is 75.3 Å². The Bertz CT molecular complexity index is 641. The van der Waals surface area contributed by atoms with Gasteiger partial charge in [0.05, 0.1) is 11.5 Å². The predicted octanol–water partition coefficient (Wildman–Crippen LogP) is 1.66. The van der Waals surface area contributed by atoms with Crippen molar-refractivity contribution in [1.82, 2.24) is 5.32 Å². The van der Waals surface area contributed by atoms with Crippen LogP contribution in [0.3, 0.4) is 0 Å². The van der Waals surface area contributed by atoms with Gasteiger partial charge in [-0.2, -0.15) is 0 Å². The van der Waals surface area contributed by atoms with Crippen LogP contribution in [-0.4, -0.2) is 38.4 Å². The number of para-hydroxylation sites is 1. The Labute approximate surface area is 132 Å². The number of amides is 1. The zero-order valence-electron chi connectivity index (χ0n) is 13.2. The van der Waals surface area contributed by atoms with E-state index in [-0.39, 0.29) is 23.5 Å². The second-order valence-corrected chi connectivity index (χ2v) is 8.04. The van der Waals surface area contributed by atoms with Crippen LogP contribution in [0.4, 0.5) is 5.69 Å². The number of hydrogen-bond donors (Lipinski definition) is 2. The summed E-state index contributed by atoms with van der Waals surface area (Å²) in [5.74, 6) is 0.393. The first kappa shape index (κ1) is 17.0. The smallest absolute Gasteiger partial charge is 0.225 e. The molecule has 0 radical (unpaired) electrons. The average molecular weight is 324 g/mol. The standard InChI is InChI=1S/C16H24N2O3S/c1-3-13-6-4-5-12(2)16(13)18-15(19)7-9-17-14-8-10-22(20,21)11-14/h4-6,14,17H,3,7-11H2,1-2H3,(H,18,19). The minimum Gasteiger partial charge on any atom is -0.326 e. The fourth-order valence-electron chi connectivity index (χ4n) is 2.75.